The van der Waals surface area contributed by atoms with Crippen molar-refractivity contribution in [3.05, 3.63) is 138 Å². The van der Waals surface area contributed by atoms with Crippen LogP contribution in [0, 0.1) is 0 Å². The van der Waals surface area contributed by atoms with E-state index in [0.717, 1.165) is 72.3 Å². The predicted molar refractivity (Wildman–Crippen MR) is 399 cm³/mol. The first kappa shape index (κ1) is 83.3. The molecular weight excluding hydrogens is 1390 g/mol. The molecule has 1 atom stereocenters. The van der Waals surface area contributed by atoms with Gasteiger partial charge in [0.1, 0.15) is 32.2 Å². The number of aliphatic carboxylic acids is 1. The molecule has 1 unspecified atom stereocenters. The lowest BCUT2D eigenvalue weighted by molar-refractivity contribution is -0.144. The molecule has 9 amide bonds. The number of carbonyl (C=O) groups excluding carboxylic acids is 9. The highest BCUT2D eigenvalue weighted by molar-refractivity contribution is 7.98. The van der Waals surface area contributed by atoms with Gasteiger partial charge in [-0.25, -0.2) is 18.4 Å². The number of primary sulfonamides is 1. The molecule has 5 aromatic rings. The average molecular weight is 1490 g/mol. The summed E-state index contributed by atoms with van der Waals surface area (Å²) in [5.74, 6) is -6.66. The van der Waals surface area contributed by atoms with Crippen molar-refractivity contribution in [1.29, 1.82) is 0 Å². The molecular formula is C75H105N13O15S2. The Morgan fingerprint density at radius 1 is 0.495 bits per heavy atom. The molecule has 2 aromatic heterocycles. The number of amides is 9. The lowest BCUT2D eigenvalue weighted by Crippen LogP contribution is -2.54. The Hall–Kier alpha value is -8.94. The molecule has 3 aromatic carbocycles. The second-order valence-corrected chi connectivity index (χ2v) is 29.2. The van der Waals surface area contributed by atoms with E-state index in [4.69, 9.17) is 25.4 Å². The summed E-state index contributed by atoms with van der Waals surface area (Å²) in [4.78, 5) is 155. The molecule has 9 N–H and O–H groups in total. The summed E-state index contributed by atoms with van der Waals surface area (Å²) in [7, 11) is -4.09. The number of benzene rings is 3. The number of nitrogens with one attached hydrogen (secondary N) is 2. The minimum atomic E-state index is -4.09. The number of thioether (sulfide) groups is 1. The summed E-state index contributed by atoms with van der Waals surface area (Å²) in [6, 6.07) is 29.0. The summed E-state index contributed by atoms with van der Waals surface area (Å²) in [5, 5.41) is 21.2. The van der Waals surface area contributed by atoms with Gasteiger partial charge in [-0.1, -0.05) is 111 Å². The van der Waals surface area contributed by atoms with Gasteiger partial charge in [0.15, 0.2) is 0 Å². The minimum Gasteiger partial charge on any atom is -0.480 e. The predicted octanol–water partition coefficient (Wildman–Crippen LogP) is 4.64. The molecule has 0 spiro atoms. The number of carbonyl (C=O) groups is 10. The van der Waals surface area contributed by atoms with Gasteiger partial charge in [0.25, 0.3) is 0 Å². The topological polar surface area (TPSA) is 379 Å². The maximum absolute atomic E-state index is 15.4. The highest BCUT2D eigenvalue weighted by atomic mass is 32.2. The van der Waals surface area contributed by atoms with E-state index in [0.29, 0.717) is 56.3 Å². The SMILES string of the molecule is CSCCC(NC(=O)CN(CCCCN)C(=O)CN(CCCCN)C(=O)CN(C(=O)CN(CCc1ccccc1)C(=O)CN(CCc1ccc(S(N)(=O)=O)cc1)C(=O)CN(C(=O)CN(C(=O)CN(CCc1ccccc1)C(=O)CNC1CCCCC1)C1CCCCC1)c1ccco1)c1ccco1)C(=O)O. The van der Waals surface area contributed by atoms with E-state index < -0.39 is 115 Å². The van der Waals surface area contributed by atoms with Crippen molar-refractivity contribution >= 4 is 92.7 Å². The van der Waals surface area contributed by atoms with Gasteiger partial charge in [-0.2, -0.15) is 11.8 Å². The molecule has 572 valence electrons. The minimum absolute atomic E-state index is 0.00288. The van der Waals surface area contributed by atoms with Gasteiger partial charge in [-0.3, -0.25) is 53.0 Å². The highest BCUT2D eigenvalue weighted by Crippen LogP contribution is 2.26. The molecule has 0 saturated heterocycles. The van der Waals surface area contributed by atoms with E-state index in [-0.39, 0.29) is 113 Å². The maximum atomic E-state index is 15.4. The monoisotopic (exact) mass is 1490 g/mol. The number of hydrogen-bond donors (Lipinski definition) is 6. The third-order valence-electron chi connectivity index (χ3n) is 18.9. The van der Waals surface area contributed by atoms with Crippen LogP contribution in [0.1, 0.15) is 113 Å². The summed E-state index contributed by atoms with van der Waals surface area (Å²) in [5.41, 5.74) is 14.0. The van der Waals surface area contributed by atoms with Crippen molar-refractivity contribution in [2.24, 2.45) is 16.6 Å². The third kappa shape index (κ3) is 28.1. The van der Waals surface area contributed by atoms with E-state index in [2.05, 4.69) is 10.6 Å². The van der Waals surface area contributed by atoms with Crippen LogP contribution < -0.4 is 37.0 Å². The maximum Gasteiger partial charge on any atom is 0.326 e. The number of carboxylic acid groups (broad SMARTS) is 1. The van der Waals surface area contributed by atoms with Crippen LogP contribution in [-0.2, 0) is 77.2 Å². The number of unbranched alkanes of at least 4 members (excludes halogenated alkanes) is 2. The Kier molecular flexibility index (Phi) is 35.0. The average Bonchev–Trinajstić information content (AvgIpc) is 1.67. The van der Waals surface area contributed by atoms with E-state index in [1.807, 2.05) is 60.7 Å². The zero-order valence-electron chi connectivity index (χ0n) is 60.3. The molecule has 0 bridgehead atoms. The number of rotatable bonds is 45. The normalized spacial score (nSPS) is 13.6. The summed E-state index contributed by atoms with van der Waals surface area (Å²) in [6.07, 6.45) is 15.8. The Morgan fingerprint density at radius 2 is 0.924 bits per heavy atom. The van der Waals surface area contributed by atoms with Crippen LogP contribution in [-0.4, -0.2) is 237 Å². The van der Waals surface area contributed by atoms with Crippen LogP contribution in [0.4, 0.5) is 11.8 Å². The van der Waals surface area contributed by atoms with Crippen molar-refractivity contribution in [2.45, 2.75) is 139 Å². The van der Waals surface area contributed by atoms with Gasteiger partial charge in [0, 0.05) is 56.9 Å². The molecule has 7 rings (SSSR count). The molecule has 30 heteroatoms. The van der Waals surface area contributed by atoms with E-state index in [1.165, 1.54) is 97.3 Å². The molecule has 2 aliphatic rings. The van der Waals surface area contributed by atoms with Gasteiger partial charge >= 0.3 is 5.97 Å². The number of hydrogen-bond acceptors (Lipinski definition) is 18. The standard InChI is InChI=1S/C75H105N13O15S2/c1-104-47-37-63(75(98)99)80-64(89)49-81(40-16-14-38-76)66(91)50-82(41-17-15-39-77)68(93)54-87(73-28-18-45-102-73)71(96)53-85(43-35-58-22-8-3-9-23-58)67(92)51-84(44-36-59-30-32-62(33-31-59)105(78,100)101)69(94)55-88(74-29-19-46-103-74)72(97)56-86(61-26-12-5-13-27-61)70(95)52-83(42-34-57-20-6-2-7-21-57)65(90)48-79-60-24-10-4-11-25-60/h2-3,6-9,18-23,28-33,45-46,60-61,63,79H,4-5,10-17,24-27,34-44,47-56,76-77H2,1H3,(H,80,89)(H,98,99)(H2,78,100,101). The fourth-order valence-corrected chi connectivity index (χ4v) is 13.8. The second kappa shape index (κ2) is 44.1. The Bertz CT molecular complexity index is 3660. The smallest absolute Gasteiger partial charge is 0.326 e. The van der Waals surface area contributed by atoms with Crippen molar-refractivity contribution in [3.63, 3.8) is 0 Å². The largest absolute Gasteiger partial charge is 0.480 e. The molecule has 0 aliphatic heterocycles. The number of sulfonamides is 1. The van der Waals surface area contributed by atoms with Gasteiger partial charge < -0.3 is 65.4 Å². The molecule has 105 heavy (non-hydrogen) atoms. The van der Waals surface area contributed by atoms with Crippen molar-refractivity contribution in [3.8, 4) is 0 Å². The van der Waals surface area contributed by atoms with Crippen LogP contribution in [0.3, 0.4) is 0 Å². The quantitative estimate of drug-likeness (QED) is 0.0289. The zero-order valence-corrected chi connectivity index (χ0v) is 61.9. The number of nitrogens with zero attached hydrogens (tertiary/aromatic N) is 8. The Labute approximate surface area is 620 Å². The van der Waals surface area contributed by atoms with Gasteiger partial charge in [0.2, 0.25) is 75.0 Å². The van der Waals surface area contributed by atoms with E-state index in [9.17, 15) is 37.5 Å². The van der Waals surface area contributed by atoms with Crippen molar-refractivity contribution < 1.29 is 70.3 Å². The Balaban J connectivity index is 1.16. The zero-order chi connectivity index (χ0) is 75.5. The first-order valence-electron chi connectivity index (χ1n) is 36.3. The highest BCUT2D eigenvalue weighted by Gasteiger charge is 2.36. The van der Waals surface area contributed by atoms with Gasteiger partial charge in [-0.15, -0.1) is 0 Å². The summed E-state index contributed by atoms with van der Waals surface area (Å²) >= 11 is 1.41. The number of nitrogens with two attached hydrogens (primary N) is 3. The van der Waals surface area contributed by atoms with Gasteiger partial charge in [-0.05, 0) is 143 Å². The van der Waals surface area contributed by atoms with Crippen LogP contribution in [0.5, 0.6) is 0 Å². The lowest BCUT2D eigenvalue weighted by Gasteiger charge is -2.37. The van der Waals surface area contributed by atoms with Gasteiger partial charge in [0.05, 0.1) is 50.1 Å². The second-order valence-electron chi connectivity index (χ2n) is 26.6. The molecule has 2 saturated carbocycles. The van der Waals surface area contributed by atoms with Crippen molar-refractivity contribution in [2.75, 3.05) is 127 Å². The van der Waals surface area contributed by atoms with Crippen LogP contribution in [0.25, 0.3) is 0 Å². The summed E-state index contributed by atoms with van der Waals surface area (Å²) in [6.45, 7) is -4.08. The Morgan fingerprint density at radius 3 is 1.38 bits per heavy atom. The number of carboxylic acids is 1. The molecule has 2 heterocycles. The number of furan rings is 2. The van der Waals surface area contributed by atoms with Crippen molar-refractivity contribution in [1.82, 2.24) is 40.0 Å². The molecule has 28 nitrogen and oxygen atoms in total. The molecule has 2 fully saturated rings. The lowest BCUT2D eigenvalue weighted by atomic mass is 9.94. The van der Waals surface area contributed by atoms with E-state index in [1.54, 1.807) is 11.2 Å². The third-order valence-corrected chi connectivity index (χ3v) is 20.5. The number of anilines is 2. The fourth-order valence-electron chi connectivity index (χ4n) is 12.8. The molecule has 2 aliphatic carbocycles. The first-order valence-corrected chi connectivity index (χ1v) is 39.3. The van der Waals surface area contributed by atoms with Crippen LogP contribution >= 0.6 is 11.8 Å². The molecule has 0 radical (unpaired) electrons. The van der Waals surface area contributed by atoms with Crippen LogP contribution in [0.15, 0.2) is 135 Å². The first-order chi connectivity index (χ1) is 50.6. The van der Waals surface area contributed by atoms with Crippen LogP contribution in [0.2, 0.25) is 0 Å². The fraction of sp³-hybridized carbons (Fsp3) is 0.520. The van der Waals surface area contributed by atoms with E-state index >= 15 is 24.0 Å². The summed E-state index contributed by atoms with van der Waals surface area (Å²) < 4.78 is 36.2.